The summed E-state index contributed by atoms with van der Waals surface area (Å²) in [6.45, 7) is 18.1. The number of carbonyl (C=O) groups is 6. The van der Waals surface area contributed by atoms with Crippen LogP contribution in [0.2, 0.25) is 0 Å². The zero-order chi connectivity index (χ0) is 91.4. The van der Waals surface area contributed by atoms with Crippen LogP contribution in [-0.2, 0) is 124 Å². The van der Waals surface area contributed by atoms with Crippen molar-refractivity contribution in [2.75, 3.05) is 26.4 Å². The van der Waals surface area contributed by atoms with Gasteiger partial charge in [0.05, 0.1) is 79.9 Å². The van der Waals surface area contributed by atoms with Crippen molar-refractivity contribution in [2.45, 2.75) is 440 Å². The Morgan fingerprint density at radius 1 is 0.387 bits per heavy atom. The summed E-state index contributed by atoms with van der Waals surface area (Å²) in [5.74, 6) is -10.9. The van der Waals surface area contributed by atoms with Gasteiger partial charge in [0.2, 0.25) is 0 Å². The average molecular weight is 1790 g/mol. The molecule has 0 aromatic rings. The number of ether oxygens (including phenoxy) is 20. The lowest BCUT2D eigenvalue weighted by Crippen LogP contribution is -2.70. The van der Waals surface area contributed by atoms with Gasteiger partial charge in [-0.1, -0.05) is 127 Å². The highest BCUT2D eigenvalue weighted by Gasteiger charge is 2.62. The fraction of sp³-hybridized carbons (Fsp3) is 0.929. The van der Waals surface area contributed by atoms with Crippen LogP contribution in [0.5, 0.6) is 0 Å². The average Bonchev–Trinajstić information content (AvgIpc) is 0.749. The largest absolute Gasteiger partial charge is 0.463 e. The van der Waals surface area contributed by atoms with Gasteiger partial charge in [0.25, 0.3) is 0 Å². The van der Waals surface area contributed by atoms with Gasteiger partial charge < -0.3 is 166 Å². The third-order valence-corrected chi connectivity index (χ3v) is 25.0. The molecule has 8 heterocycles. The molecule has 40 heteroatoms. The van der Waals surface area contributed by atoms with Crippen molar-refractivity contribution in [1.29, 1.82) is 0 Å². The topological polar surface area (TPSA) is 570 Å². The number of aliphatic hydroxyl groups is 14. The van der Waals surface area contributed by atoms with Gasteiger partial charge in [0.1, 0.15) is 129 Å². The Morgan fingerprint density at radius 2 is 0.855 bits per heavy atom. The number of unbranched alkanes of at least 4 members (excludes halogenated alkanes) is 2. The molecule has 0 amide bonds. The van der Waals surface area contributed by atoms with Crippen molar-refractivity contribution in [1.82, 2.24) is 0 Å². The smallest absolute Gasteiger partial charge is 0.311 e. The van der Waals surface area contributed by atoms with E-state index in [0.717, 1.165) is 32.1 Å². The third kappa shape index (κ3) is 27.0. The predicted octanol–water partition coefficient (Wildman–Crippen LogP) is 0.201. The maximum atomic E-state index is 15.1. The Labute approximate surface area is 723 Å². The highest BCUT2D eigenvalue weighted by Crippen LogP contribution is 2.43. The summed E-state index contributed by atoms with van der Waals surface area (Å²) >= 11 is 0. The van der Waals surface area contributed by atoms with Crippen molar-refractivity contribution >= 4 is 35.8 Å². The van der Waals surface area contributed by atoms with Crippen LogP contribution in [0.25, 0.3) is 0 Å². The highest BCUT2D eigenvalue weighted by atomic mass is 16.8. The SMILES string of the molecule is CCCCC[C@H]1CCCCCCCCCC(=O)O[C@@H]2[C@@H](O[C@H]3[C@H](O)[C@@H](COC(=O)[C@H](C)[C@@H](C)O)O[C@@H](O[C@H]4[C@H](O1)O[C@H](C)[C@H](O)[C@@H]4O)[C@@H]3O[C@@H]1O[C@@H](C)[C@H](OC(=O)[C@@H](C)CC)[C@@H](O[C@@H]3O[C@H](CO)[C@@H](O)[C@H](O)[C@H]3O)[C@H]1OC(=O)[C@@H](C)CC)O[C@@H](CO[C@@H]1O[C@H](CO[C@@H]3O[C@H](CC)[C@@H](O)[C@H](O)[C@H]3O)[C@@H](O)[C@H](O)[C@H]1O)[C@H](OC(=O)[C@@H](C)CC)[C@H]2OC(=O)[C@@H](C)CC. The van der Waals surface area contributed by atoms with Crippen LogP contribution in [0.15, 0.2) is 0 Å². The van der Waals surface area contributed by atoms with Crippen LogP contribution in [0.1, 0.15) is 213 Å². The molecule has 0 aromatic heterocycles. The van der Waals surface area contributed by atoms with Crippen molar-refractivity contribution in [3.05, 3.63) is 0 Å². The number of hydrogen-bond donors (Lipinski definition) is 14. The van der Waals surface area contributed by atoms with E-state index in [0.29, 0.717) is 38.5 Å². The summed E-state index contributed by atoms with van der Waals surface area (Å²) in [5, 5.41) is 161. The van der Waals surface area contributed by atoms with Crippen LogP contribution in [0, 0.1) is 29.6 Å². The Bertz CT molecular complexity index is 3210. The van der Waals surface area contributed by atoms with Crippen molar-refractivity contribution < 1.29 is 195 Å². The van der Waals surface area contributed by atoms with Crippen LogP contribution in [-0.4, -0.2) is 361 Å². The fourth-order valence-electron chi connectivity index (χ4n) is 15.5. The molecule has 8 saturated heterocycles. The van der Waals surface area contributed by atoms with Gasteiger partial charge in [-0.15, -0.1) is 0 Å². The normalized spacial score (nSPS) is 41.5. The first-order valence-corrected chi connectivity index (χ1v) is 44.6. The zero-order valence-electron chi connectivity index (χ0n) is 73.7. The van der Waals surface area contributed by atoms with E-state index >= 15 is 4.79 Å². The second-order valence-electron chi connectivity index (χ2n) is 34.4. The fourth-order valence-corrected chi connectivity index (χ4v) is 15.5. The van der Waals surface area contributed by atoms with Gasteiger partial charge in [0.15, 0.2) is 74.6 Å². The standard InChI is InChI=1S/C84H142O40/c1-15-21-27-30-45-31-28-25-23-22-24-26-29-32-51(87)116-71-69(119-75(102)39(9)18-4)65(118-74(101)38(8)17-3)50(36-107-79-62(98)59(95)55(91)48(113-79)35-106-78-61(97)57(93)53(89)46(20-6)111-78)115-84(71)121-66-56(92)49(34-105-77(104)41(11)42(12)86)114-83(122-67-60(96)52(88)43(13)108-81(67)110-45)70(66)124-82-72(120-76(103)40(10)19-5)68(64(44(14)109-82)117-73(100)37(7)16-2)123-80-63(99)58(94)54(90)47(33-85)112-80/h37-50,52-72,78-86,88-99H,15-36H2,1-14H3/t37-,38-,39-,40-,41+,42+,43+,44-,45-,46+,47+,48+,49+,50-,52-,53+,54+,55+,56+,57-,58-,59-,60-,61+,62+,63+,64-,65-,66-,67+,68+,69+,70+,71-,72+,78+,79+,80-,81-,82-,83-,84+/m0/s1. The minimum atomic E-state index is -2.39. The Hall–Kier alpha value is -4.30. The van der Waals surface area contributed by atoms with Crippen molar-refractivity contribution in [3.63, 3.8) is 0 Å². The Balaban J connectivity index is 1.38. The van der Waals surface area contributed by atoms with Gasteiger partial charge in [0, 0.05) is 6.42 Å². The first kappa shape index (κ1) is 105. The van der Waals surface area contributed by atoms with Crippen LogP contribution < -0.4 is 0 Å². The number of hydrogen-bond acceptors (Lipinski definition) is 40. The van der Waals surface area contributed by atoms with Crippen LogP contribution >= 0.6 is 0 Å². The summed E-state index contributed by atoms with van der Waals surface area (Å²) < 4.78 is 129. The molecular weight excluding hydrogens is 1650 g/mol. The quantitative estimate of drug-likeness (QED) is 0.0243. The molecular formula is C84H142O40. The second-order valence-corrected chi connectivity index (χ2v) is 34.4. The first-order valence-electron chi connectivity index (χ1n) is 44.6. The molecule has 8 rings (SSSR count). The Kier molecular flexibility index (Phi) is 42.2. The van der Waals surface area contributed by atoms with E-state index in [2.05, 4.69) is 0 Å². The highest BCUT2D eigenvalue weighted by molar-refractivity contribution is 5.75. The molecule has 0 spiro atoms. The van der Waals surface area contributed by atoms with Gasteiger partial charge in [-0.3, -0.25) is 28.8 Å². The zero-order valence-corrected chi connectivity index (χ0v) is 73.7. The minimum absolute atomic E-state index is 0.106. The third-order valence-electron chi connectivity index (χ3n) is 25.0. The molecule has 0 aliphatic carbocycles. The summed E-state index contributed by atoms with van der Waals surface area (Å²) in [6, 6.07) is 0. The van der Waals surface area contributed by atoms with Crippen molar-refractivity contribution in [2.24, 2.45) is 29.6 Å². The molecule has 0 saturated carbocycles. The van der Waals surface area contributed by atoms with Crippen molar-refractivity contribution in [3.8, 4) is 0 Å². The molecule has 14 N–H and O–H groups in total. The van der Waals surface area contributed by atoms with E-state index in [4.69, 9.17) is 94.7 Å². The molecule has 8 aliphatic rings. The molecule has 8 fully saturated rings. The minimum Gasteiger partial charge on any atom is -0.463 e. The number of esters is 6. The molecule has 0 unspecified atom stereocenters. The van der Waals surface area contributed by atoms with Gasteiger partial charge in [-0.25, -0.2) is 0 Å². The van der Waals surface area contributed by atoms with Crippen LogP contribution in [0.3, 0.4) is 0 Å². The van der Waals surface area contributed by atoms with E-state index < -0.39 is 319 Å². The molecule has 8 aliphatic heterocycles. The lowest BCUT2D eigenvalue weighted by Gasteiger charge is -2.52. The molecule has 40 nitrogen and oxygen atoms in total. The molecule has 0 aromatic carbocycles. The first-order chi connectivity index (χ1) is 58.9. The van der Waals surface area contributed by atoms with Crippen LogP contribution in [0.4, 0.5) is 0 Å². The summed E-state index contributed by atoms with van der Waals surface area (Å²) in [4.78, 5) is 87.8. The van der Waals surface area contributed by atoms with E-state index in [1.807, 2.05) is 6.92 Å². The summed E-state index contributed by atoms with van der Waals surface area (Å²) in [6.07, 6.45) is -62.1. The number of rotatable bonds is 32. The number of carbonyl (C=O) groups excluding carboxylic acids is 6. The van der Waals surface area contributed by atoms with Gasteiger partial charge >= 0.3 is 35.8 Å². The second kappa shape index (κ2) is 49.8. The molecule has 42 atom stereocenters. The molecule has 0 radical (unpaired) electrons. The summed E-state index contributed by atoms with van der Waals surface area (Å²) in [7, 11) is 0. The predicted molar refractivity (Wildman–Crippen MR) is 422 cm³/mol. The maximum Gasteiger partial charge on any atom is 0.311 e. The maximum absolute atomic E-state index is 15.1. The van der Waals surface area contributed by atoms with Gasteiger partial charge in [-0.2, -0.15) is 0 Å². The summed E-state index contributed by atoms with van der Waals surface area (Å²) in [5.41, 5.74) is 0. The van der Waals surface area contributed by atoms with E-state index in [1.54, 1.807) is 41.5 Å². The number of aliphatic hydroxyl groups excluding tert-OH is 14. The van der Waals surface area contributed by atoms with E-state index in [9.17, 15) is 95.5 Å². The van der Waals surface area contributed by atoms with E-state index in [1.165, 1.54) is 48.5 Å². The number of fused-ring (bicyclic) bond motifs is 4. The lowest BCUT2D eigenvalue weighted by molar-refractivity contribution is -0.414. The van der Waals surface area contributed by atoms with E-state index in [-0.39, 0.29) is 44.9 Å². The van der Waals surface area contributed by atoms with Gasteiger partial charge in [-0.05, 0) is 79.1 Å². The Morgan fingerprint density at radius 3 is 1.41 bits per heavy atom. The molecule has 718 valence electrons. The monoisotopic (exact) mass is 1790 g/mol. The molecule has 124 heavy (non-hydrogen) atoms. The lowest BCUT2D eigenvalue weighted by atomic mass is 9.94. The molecule has 2 bridgehead atoms.